The van der Waals surface area contributed by atoms with Crippen LogP contribution in [0.1, 0.15) is 46.6 Å². The molecule has 2 aromatic rings. The Balaban J connectivity index is 2.23. The van der Waals surface area contributed by atoms with E-state index >= 15 is 0 Å². The summed E-state index contributed by atoms with van der Waals surface area (Å²) >= 11 is 0. The molecule has 0 aliphatic heterocycles. The zero-order chi connectivity index (χ0) is 15.0. The van der Waals surface area contributed by atoms with Gasteiger partial charge in [0.05, 0.1) is 0 Å². The van der Waals surface area contributed by atoms with Gasteiger partial charge in [-0.1, -0.05) is 12.5 Å². The van der Waals surface area contributed by atoms with Gasteiger partial charge in [0.2, 0.25) is 0 Å². The average molecular weight is 288 g/mol. The molecular formula is C16H17FN2O2. The monoisotopic (exact) mass is 288 g/mol. The van der Waals surface area contributed by atoms with Gasteiger partial charge in [-0.25, -0.2) is 13.9 Å². The van der Waals surface area contributed by atoms with Gasteiger partial charge < -0.3 is 5.11 Å². The summed E-state index contributed by atoms with van der Waals surface area (Å²) in [7, 11) is 0. The standard InChI is InChI=1S/C16H17FN2O2/c1-10-7-8-12(17)14(9-10)19-13-6-4-2-3-5-11(13)15(18-19)16(20)21/h7-9H,2-6H2,1H3,(H,20,21). The molecule has 3 rings (SSSR count). The van der Waals surface area contributed by atoms with Crippen LogP contribution in [0.25, 0.3) is 5.69 Å². The van der Waals surface area contributed by atoms with E-state index in [1.54, 1.807) is 12.1 Å². The predicted molar refractivity (Wildman–Crippen MR) is 76.5 cm³/mol. The van der Waals surface area contributed by atoms with Crippen LogP contribution in [0.15, 0.2) is 18.2 Å². The first-order valence-corrected chi connectivity index (χ1v) is 7.18. The molecule has 0 spiro atoms. The lowest BCUT2D eigenvalue weighted by atomic mass is 10.1. The highest BCUT2D eigenvalue weighted by Gasteiger charge is 2.25. The van der Waals surface area contributed by atoms with Crippen LogP contribution >= 0.6 is 0 Å². The van der Waals surface area contributed by atoms with E-state index in [-0.39, 0.29) is 11.5 Å². The maximum Gasteiger partial charge on any atom is 0.356 e. The molecule has 0 radical (unpaired) electrons. The number of carboxylic acid groups (broad SMARTS) is 1. The second-order valence-electron chi connectivity index (χ2n) is 5.51. The summed E-state index contributed by atoms with van der Waals surface area (Å²) < 4.78 is 15.6. The lowest BCUT2D eigenvalue weighted by Crippen LogP contribution is -2.06. The van der Waals surface area contributed by atoms with Gasteiger partial charge in [0.1, 0.15) is 11.5 Å². The predicted octanol–water partition coefficient (Wildman–Crippen LogP) is 3.29. The van der Waals surface area contributed by atoms with Gasteiger partial charge in [-0.3, -0.25) is 0 Å². The minimum absolute atomic E-state index is 0.0628. The third-order valence-electron chi connectivity index (χ3n) is 3.96. The number of nitrogens with zero attached hydrogens (tertiary/aromatic N) is 2. The number of hydrogen-bond acceptors (Lipinski definition) is 2. The number of carbonyl (C=O) groups is 1. The van der Waals surface area contributed by atoms with Crippen LogP contribution in [0.3, 0.4) is 0 Å². The second kappa shape index (κ2) is 5.31. The molecule has 5 heteroatoms. The first kappa shape index (κ1) is 13.8. The molecule has 1 aromatic heterocycles. The maximum absolute atomic E-state index is 14.1. The van der Waals surface area contributed by atoms with E-state index in [1.807, 2.05) is 6.92 Å². The van der Waals surface area contributed by atoms with Crippen molar-refractivity contribution in [1.29, 1.82) is 0 Å². The fourth-order valence-corrected chi connectivity index (χ4v) is 2.93. The molecule has 0 fully saturated rings. The maximum atomic E-state index is 14.1. The van der Waals surface area contributed by atoms with E-state index in [2.05, 4.69) is 5.10 Å². The first-order valence-electron chi connectivity index (χ1n) is 7.18. The van der Waals surface area contributed by atoms with Gasteiger partial charge in [0, 0.05) is 11.3 Å². The molecule has 1 aliphatic rings. The highest BCUT2D eigenvalue weighted by atomic mass is 19.1. The molecule has 1 N–H and O–H groups in total. The molecular weight excluding hydrogens is 271 g/mol. The molecule has 0 unspecified atom stereocenters. The van der Waals surface area contributed by atoms with Crippen LogP contribution in [0.5, 0.6) is 0 Å². The number of halogens is 1. The summed E-state index contributed by atoms with van der Waals surface area (Å²) in [6, 6.07) is 4.80. The molecule has 0 saturated heterocycles. The van der Waals surface area contributed by atoms with E-state index in [0.29, 0.717) is 12.1 Å². The van der Waals surface area contributed by atoms with Crippen LogP contribution in [0.4, 0.5) is 4.39 Å². The first-order chi connectivity index (χ1) is 10.1. The normalized spacial score (nSPS) is 14.6. The highest BCUT2D eigenvalue weighted by molar-refractivity contribution is 5.87. The Kier molecular flexibility index (Phi) is 3.49. The molecule has 1 aliphatic carbocycles. The number of aryl methyl sites for hydroxylation is 1. The largest absolute Gasteiger partial charge is 0.476 e. The second-order valence-corrected chi connectivity index (χ2v) is 5.51. The quantitative estimate of drug-likeness (QED) is 0.863. The van der Waals surface area contributed by atoms with Crippen LogP contribution < -0.4 is 0 Å². The van der Waals surface area contributed by atoms with E-state index < -0.39 is 5.97 Å². The van der Waals surface area contributed by atoms with Gasteiger partial charge in [0.15, 0.2) is 5.69 Å². The fraction of sp³-hybridized carbons (Fsp3) is 0.375. The summed E-state index contributed by atoms with van der Waals surface area (Å²) in [5, 5.41) is 13.5. The van der Waals surface area contributed by atoms with Gasteiger partial charge in [0.25, 0.3) is 0 Å². The number of aromatic carboxylic acids is 1. The summed E-state index contributed by atoms with van der Waals surface area (Å²) in [5.41, 5.74) is 2.92. The third kappa shape index (κ3) is 2.44. The zero-order valence-corrected chi connectivity index (χ0v) is 11.9. The van der Waals surface area contributed by atoms with E-state index in [4.69, 9.17) is 0 Å². The SMILES string of the molecule is Cc1ccc(F)c(-n2nc(C(=O)O)c3c2CCCCC3)c1. The Bertz CT molecular complexity index is 707. The van der Waals surface area contributed by atoms with Crippen molar-refractivity contribution in [3.8, 4) is 5.69 Å². The van der Waals surface area contributed by atoms with E-state index in [1.165, 1.54) is 10.7 Å². The molecule has 0 saturated carbocycles. The summed E-state index contributed by atoms with van der Waals surface area (Å²) in [4.78, 5) is 11.4. The van der Waals surface area contributed by atoms with Gasteiger partial charge in [-0.2, -0.15) is 5.10 Å². The van der Waals surface area contributed by atoms with Crippen molar-refractivity contribution in [3.05, 3.63) is 46.5 Å². The lowest BCUT2D eigenvalue weighted by molar-refractivity contribution is 0.0688. The smallest absolute Gasteiger partial charge is 0.356 e. The molecule has 0 bridgehead atoms. The molecule has 0 atom stereocenters. The Morgan fingerprint density at radius 1 is 1.29 bits per heavy atom. The van der Waals surface area contributed by atoms with Crippen LogP contribution in [0, 0.1) is 12.7 Å². The van der Waals surface area contributed by atoms with Crippen LogP contribution in [-0.4, -0.2) is 20.9 Å². The van der Waals surface area contributed by atoms with Crippen LogP contribution in [0.2, 0.25) is 0 Å². The molecule has 4 nitrogen and oxygen atoms in total. The van der Waals surface area contributed by atoms with E-state index in [0.717, 1.165) is 42.5 Å². The minimum Gasteiger partial charge on any atom is -0.476 e. The molecule has 1 heterocycles. The third-order valence-corrected chi connectivity index (χ3v) is 3.96. The van der Waals surface area contributed by atoms with Crippen molar-refractivity contribution in [2.75, 3.05) is 0 Å². The number of benzene rings is 1. The molecule has 1 aromatic carbocycles. The van der Waals surface area contributed by atoms with E-state index in [9.17, 15) is 14.3 Å². The Morgan fingerprint density at radius 2 is 2.05 bits per heavy atom. The minimum atomic E-state index is -1.04. The number of hydrogen-bond donors (Lipinski definition) is 1. The number of aromatic nitrogens is 2. The van der Waals surface area contributed by atoms with Crippen molar-refractivity contribution in [2.45, 2.75) is 39.0 Å². The Labute approximate surface area is 122 Å². The summed E-state index contributed by atoms with van der Waals surface area (Å²) in [6.45, 7) is 1.88. The Hall–Kier alpha value is -2.17. The average Bonchev–Trinajstić information content (AvgIpc) is 2.64. The van der Waals surface area contributed by atoms with Crippen LogP contribution in [-0.2, 0) is 12.8 Å². The van der Waals surface area contributed by atoms with Crippen molar-refractivity contribution in [2.24, 2.45) is 0 Å². The van der Waals surface area contributed by atoms with Gasteiger partial charge >= 0.3 is 5.97 Å². The number of rotatable bonds is 2. The number of fused-ring (bicyclic) bond motifs is 1. The van der Waals surface area contributed by atoms with Crippen molar-refractivity contribution in [3.63, 3.8) is 0 Å². The van der Waals surface area contributed by atoms with Crippen molar-refractivity contribution in [1.82, 2.24) is 9.78 Å². The summed E-state index contributed by atoms with van der Waals surface area (Å²) in [6.07, 6.45) is 4.43. The van der Waals surface area contributed by atoms with Gasteiger partial charge in [-0.15, -0.1) is 0 Å². The molecule has 0 amide bonds. The summed E-state index contributed by atoms with van der Waals surface area (Å²) in [5.74, 6) is -1.42. The Morgan fingerprint density at radius 3 is 2.81 bits per heavy atom. The van der Waals surface area contributed by atoms with Crippen molar-refractivity contribution >= 4 is 5.97 Å². The molecule has 110 valence electrons. The zero-order valence-electron chi connectivity index (χ0n) is 11.9. The molecule has 21 heavy (non-hydrogen) atoms. The van der Waals surface area contributed by atoms with Gasteiger partial charge in [-0.05, 0) is 50.3 Å². The number of carboxylic acids is 1. The van der Waals surface area contributed by atoms with Crippen molar-refractivity contribution < 1.29 is 14.3 Å². The topological polar surface area (TPSA) is 55.1 Å². The highest BCUT2D eigenvalue weighted by Crippen LogP contribution is 2.27. The fourth-order valence-electron chi connectivity index (χ4n) is 2.93. The lowest BCUT2D eigenvalue weighted by Gasteiger charge is -2.09.